The number of β-amino-alcohol motifs (C(OH)–C–C–N with tert-alkyl or cyclic N) is 1. The van der Waals surface area contributed by atoms with Gasteiger partial charge in [-0.25, -0.2) is 0 Å². The molecule has 1 saturated heterocycles. The highest BCUT2D eigenvalue weighted by atomic mass is 16.4. The maximum Gasteiger partial charge on any atom is 0.451 e. The van der Waals surface area contributed by atoms with E-state index in [1.54, 1.807) is 0 Å². The lowest BCUT2D eigenvalue weighted by Crippen LogP contribution is -2.29. The van der Waals surface area contributed by atoms with E-state index in [1.807, 2.05) is 20.8 Å². The molecule has 1 rings (SSSR count). The van der Waals surface area contributed by atoms with Crippen LogP contribution in [0.25, 0.3) is 0 Å². The van der Waals surface area contributed by atoms with Crippen LogP contribution in [0.4, 0.5) is 0 Å². The molecule has 0 aromatic rings. The van der Waals surface area contributed by atoms with Crippen LogP contribution in [0.15, 0.2) is 0 Å². The molecule has 0 spiro atoms. The summed E-state index contributed by atoms with van der Waals surface area (Å²) < 4.78 is 0. The topological polar surface area (TPSA) is 110 Å². The lowest BCUT2D eigenvalue weighted by Gasteiger charge is -1.99. The van der Waals surface area contributed by atoms with Gasteiger partial charge in [-0.05, 0) is 6.32 Å². The summed E-state index contributed by atoms with van der Waals surface area (Å²) in [5.41, 5.74) is 0. The molecule has 1 aliphatic rings. The van der Waals surface area contributed by atoms with Crippen molar-refractivity contribution < 1.29 is 25.1 Å². The van der Waals surface area contributed by atoms with Gasteiger partial charge in [0.2, 0.25) is 0 Å². The van der Waals surface area contributed by atoms with E-state index in [9.17, 15) is 4.79 Å². The molecule has 6 nitrogen and oxygen atoms in total. The molecule has 7 heteroatoms. The minimum Gasteiger partial charge on any atom is -0.480 e. The van der Waals surface area contributed by atoms with Crippen LogP contribution in [0.1, 0.15) is 40.0 Å². The molecule has 0 aromatic heterocycles. The minimum atomic E-state index is -1.10. The number of rotatable bonds is 4. The Kier molecular flexibility index (Phi) is 14.0. The quantitative estimate of drug-likeness (QED) is 0.459. The van der Waals surface area contributed by atoms with E-state index in [0.717, 1.165) is 12.8 Å². The zero-order valence-corrected chi connectivity index (χ0v) is 11.5. The van der Waals surface area contributed by atoms with E-state index < -0.39 is 25.2 Å². The number of aliphatic hydroxyl groups excluding tert-OH is 1. The summed E-state index contributed by atoms with van der Waals surface area (Å²) >= 11 is 0. The van der Waals surface area contributed by atoms with Crippen molar-refractivity contribution in [2.24, 2.45) is 0 Å². The first kappa shape index (κ1) is 19.7. The van der Waals surface area contributed by atoms with Crippen LogP contribution >= 0.6 is 0 Å². The summed E-state index contributed by atoms with van der Waals surface area (Å²) in [6.07, 6.45) is 2.28. The number of carbonyl (C=O) groups is 1. The van der Waals surface area contributed by atoms with Crippen LogP contribution in [-0.4, -0.2) is 52.0 Å². The standard InChI is InChI=1S/C5H9NO3.C4H11BO2.C2H6/c7-3-1-4(5(8)9)6-2-3;1-2-3-4-5(6)7;1-2/h3-4,6-7H,1-2H2,(H,8,9);6-7H,2-4H2,1H3;1-2H3. The van der Waals surface area contributed by atoms with Gasteiger partial charge in [0, 0.05) is 13.0 Å². The van der Waals surface area contributed by atoms with Crippen LogP contribution in [0.3, 0.4) is 0 Å². The summed E-state index contributed by atoms with van der Waals surface area (Å²) in [5, 5.41) is 36.3. The first-order valence-corrected chi connectivity index (χ1v) is 6.47. The second-order valence-electron chi connectivity index (χ2n) is 3.81. The third-order valence-electron chi connectivity index (χ3n) is 2.22. The van der Waals surface area contributed by atoms with E-state index >= 15 is 0 Å². The first-order valence-electron chi connectivity index (χ1n) is 6.47. The maximum absolute atomic E-state index is 10.2. The number of carboxylic acid groups (broad SMARTS) is 1. The van der Waals surface area contributed by atoms with Crippen molar-refractivity contribution in [3.63, 3.8) is 0 Å². The second kappa shape index (κ2) is 12.8. The van der Waals surface area contributed by atoms with Crippen LogP contribution in [0, 0.1) is 0 Å². The summed E-state index contributed by atoms with van der Waals surface area (Å²) in [5.74, 6) is -0.883. The maximum atomic E-state index is 10.2. The van der Waals surface area contributed by atoms with Gasteiger partial charge in [0.25, 0.3) is 0 Å². The normalized spacial score (nSPS) is 21.2. The van der Waals surface area contributed by atoms with Gasteiger partial charge < -0.3 is 25.6 Å². The van der Waals surface area contributed by atoms with Crippen molar-refractivity contribution in [3.8, 4) is 0 Å². The molecule has 0 aliphatic carbocycles. The lowest BCUT2D eigenvalue weighted by atomic mass is 9.84. The molecule has 1 aliphatic heterocycles. The SMILES string of the molecule is CC.CCCCB(O)O.O=C(O)C1CC(O)CN1. The van der Waals surface area contributed by atoms with Crippen molar-refractivity contribution in [2.75, 3.05) is 6.54 Å². The highest BCUT2D eigenvalue weighted by Crippen LogP contribution is 2.05. The Morgan fingerprint density at radius 3 is 2.11 bits per heavy atom. The zero-order valence-electron chi connectivity index (χ0n) is 11.5. The third kappa shape index (κ3) is 11.8. The number of unbranched alkanes of at least 4 members (excludes halogenated alkanes) is 1. The van der Waals surface area contributed by atoms with Gasteiger partial charge >= 0.3 is 13.1 Å². The van der Waals surface area contributed by atoms with E-state index in [2.05, 4.69) is 5.32 Å². The Bertz CT molecular complexity index is 204. The fourth-order valence-electron chi connectivity index (χ4n) is 1.29. The average molecular weight is 263 g/mol. The molecule has 2 atom stereocenters. The van der Waals surface area contributed by atoms with Crippen LogP contribution in [0.2, 0.25) is 6.32 Å². The molecule has 5 N–H and O–H groups in total. The van der Waals surface area contributed by atoms with E-state index in [-0.39, 0.29) is 0 Å². The van der Waals surface area contributed by atoms with Gasteiger partial charge in [-0.1, -0.05) is 33.6 Å². The predicted molar refractivity (Wildman–Crippen MR) is 71.3 cm³/mol. The molecule has 0 aromatic carbocycles. The van der Waals surface area contributed by atoms with Gasteiger partial charge in [0.1, 0.15) is 6.04 Å². The number of aliphatic carboxylic acids is 1. The molecular formula is C11H26BNO5. The Morgan fingerprint density at radius 2 is 1.94 bits per heavy atom. The largest absolute Gasteiger partial charge is 0.480 e. The predicted octanol–water partition coefficient (Wildman–Crippen LogP) is 0.0793. The van der Waals surface area contributed by atoms with E-state index in [1.165, 1.54) is 0 Å². The summed E-state index contributed by atoms with van der Waals surface area (Å²) in [4.78, 5) is 10.2. The molecule has 18 heavy (non-hydrogen) atoms. The number of hydrogen-bond acceptors (Lipinski definition) is 5. The van der Waals surface area contributed by atoms with E-state index in [0.29, 0.717) is 19.3 Å². The number of carboxylic acids is 1. The molecule has 1 fully saturated rings. The van der Waals surface area contributed by atoms with Crippen molar-refractivity contribution in [2.45, 2.75) is 58.5 Å². The molecule has 0 radical (unpaired) electrons. The highest BCUT2D eigenvalue weighted by molar-refractivity contribution is 6.40. The lowest BCUT2D eigenvalue weighted by molar-refractivity contribution is -0.139. The third-order valence-corrected chi connectivity index (χ3v) is 2.22. The van der Waals surface area contributed by atoms with E-state index in [4.69, 9.17) is 20.3 Å². The summed E-state index contributed by atoms with van der Waals surface area (Å²) in [7, 11) is -1.10. The summed E-state index contributed by atoms with van der Waals surface area (Å²) in [6.45, 7) is 6.42. The monoisotopic (exact) mass is 263 g/mol. The Morgan fingerprint density at radius 1 is 1.39 bits per heavy atom. The zero-order chi connectivity index (χ0) is 14.6. The smallest absolute Gasteiger partial charge is 0.451 e. The Hall–Kier alpha value is -0.625. The van der Waals surface area contributed by atoms with Gasteiger partial charge in [0.05, 0.1) is 6.10 Å². The van der Waals surface area contributed by atoms with Crippen LogP contribution < -0.4 is 5.32 Å². The van der Waals surface area contributed by atoms with Gasteiger partial charge in [-0.3, -0.25) is 4.79 Å². The van der Waals surface area contributed by atoms with Crippen molar-refractivity contribution in [1.82, 2.24) is 5.32 Å². The molecule has 2 unspecified atom stereocenters. The molecule has 0 amide bonds. The van der Waals surface area contributed by atoms with Crippen molar-refractivity contribution >= 4 is 13.1 Å². The molecule has 1 heterocycles. The number of nitrogens with one attached hydrogen (secondary N) is 1. The highest BCUT2D eigenvalue weighted by Gasteiger charge is 2.27. The van der Waals surface area contributed by atoms with Gasteiger partial charge in [-0.2, -0.15) is 0 Å². The van der Waals surface area contributed by atoms with Crippen LogP contribution in [0.5, 0.6) is 0 Å². The summed E-state index contributed by atoms with van der Waals surface area (Å²) in [6, 6.07) is -0.542. The number of hydrogen-bond donors (Lipinski definition) is 5. The van der Waals surface area contributed by atoms with Gasteiger partial charge in [0.15, 0.2) is 0 Å². The molecular weight excluding hydrogens is 237 g/mol. The Labute approximate surface area is 109 Å². The fourth-order valence-corrected chi connectivity index (χ4v) is 1.29. The van der Waals surface area contributed by atoms with Crippen molar-refractivity contribution in [3.05, 3.63) is 0 Å². The molecule has 108 valence electrons. The molecule has 0 bridgehead atoms. The van der Waals surface area contributed by atoms with Crippen molar-refractivity contribution in [1.29, 1.82) is 0 Å². The second-order valence-corrected chi connectivity index (χ2v) is 3.81. The number of aliphatic hydroxyl groups is 1. The molecule has 0 saturated carbocycles. The average Bonchev–Trinajstić information content (AvgIpc) is 2.77. The van der Waals surface area contributed by atoms with Crippen LogP contribution in [-0.2, 0) is 4.79 Å². The first-order chi connectivity index (χ1) is 8.47. The Balaban J connectivity index is 0. The minimum absolute atomic E-state index is 0.329. The fraction of sp³-hybridized carbons (Fsp3) is 0.909. The van der Waals surface area contributed by atoms with Gasteiger partial charge in [-0.15, -0.1) is 0 Å².